The topological polar surface area (TPSA) is 61.8 Å². The lowest BCUT2D eigenvalue weighted by molar-refractivity contribution is 0.288. The first-order chi connectivity index (χ1) is 9.47. The van der Waals surface area contributed by atoms with Gasteiger partial charge in [0.25, 0.3) is 0 Å². The van der Waals surface area contributed by atoms with E-state index in [4.69, 9.17) is 25.8 Å². The highest BCUT2D eigenvalue weighted by atomic mass is 35.5. The van der Waals surface area contributed by atoms with E-state index in [1.165, 1.54) is 14.2 Å². The van der Waals surface area contributed by atoms with E-state index in [2.05, 4.69) is 0 Å². The summed E-state index contributed by atoms with van der Waals surface area (Å²) in [5.41, 5.74) is 0.828. The summed E-state index contributed by atoms with van der Waals surface area (Å²) in [5.74, 6) is 1.68. The summed E-state index contributed by atoms with van der Waals surface area (Å²) in [6.45, 7) is 1.65. The van der Waals surface area contributed by atoms with Gasteiger partial charge in [-0.15, -0.1) is 11.6 Å². The molecular weight excluding hydrogens is 304 g/mol. The maximum absolute atomic E-state index is 11.4. The minimum absolute atomic E-state index is 0.0448. The van der Waals surface area contributed by atoms with E-state index in [1.807, 2.05) is 0 Å². The van der Waals surface area contributed by atoms with Gasteiger partial charge in [-0.2, -0.15) is 0 Å². The van der Waals surface area contributed by atoms with Crippen LogP contribution in [-0.4, -0.2) is 40.7 Å². The van der Waals surface area contributed by atoms with Crippen LogP contribution in [0, 0.1) is 0 Å². The van der Waals surface area contributed by atoms with Crippen molar-refractivity contribution in [2.45, 2.75) is 12.8 Å². The number of sulfone groups is 1. The second-order valence-electron chi connectivity index (χ2n) is 4.05. The van der Waals surface area contributed by atoms with Crippen LogP contribution < -0.4 is 14.2 Å². The number of benzene rings is 1. The predicted octanol–water partition coefficient (Wildman–Crippen LogP) is 2.26. The molecule has 0 unspecified atom stereocenters. The van der Waals surface area contributed by atoms with Crippen LogP contribution >= 0.6 is 11.6 Å². The van der Waals surface area contributed by atoms with E-state index in [0.717, 1.165) is 5.56 Å². The van der Waals surface area contributed by atoms with Crippen LogP contribution in [0.25, 0.3) is 0 Å². The van der Waals surface area contributed by atoms with Gasteiger partial charge in [0.1, 0.15) is 6.61 Å². The number of rotatable bonds is 8. The van der Waals surface area contributed by atoms with Crippen LogP contribution in [0.15, 0.2) is 12.1 Å². The van der Waals surface area contributed by atoms with Crippen LogP contribution in [0.1, 0.15) is 12.5 Å². The van der Waals surface area contributed by atoms with Gasteiger partial charge in [-0.1, -0.05) is 6.92 Å². The molecule has 114 valence electrons. The summed E-state index contributed by atoms with van der Waals surface area (Å²) in [5, 5.41) is 0. The summed E-state index contributed by atoms with van der Waals surface area (Å²) in [7, 11) is -0.0645. The highest BCUT2D eigenvalue weighted by Gasteiger charge is 2.15. The molecule has 0 saturated carbocycles. The molecule has 20 heavy (non-hydrogen) atoms. The van der Waals surface area contributed by atoms with Gasteiger partial charge in [0.2, 0.25) is 5.75 Å². The SMILES string of the molecule is CCS(=O)(=O)CCOc1c(OC)cc(CCl)cc1OC. The average molecular weight is 323 g/mol. The monoisotopic (exact) mass is 322 g/mol. The van der Waals surface area contributed by atoms with E-state index in [-0.39, 0.29) is 18.1 Å². The summed E-state index contributed by atoms with van der Waals surface area (Å²) >= 11 is 5.79. The van der Waals surface area contributed by atoms with Crippen molar-refractivity contribution < 1.29 is 22.6 Å². The van der Waals surface area contributed by atoms with Gasteiger partial charge in [0.15, 0.2) is 21.3 Å². The van der Waals surface area contributed by atoms with Crippen LogP contribution in [0.4, 0.5) is 0 Å². The Labute approximate surface area is 124 Å². The van der Waals surface area contributed by atoms with Gasteiger partial charge >= 0.3 is 0 Å². The van der Waals surface area contributed by atoms with Gasteiger partial charge in [-0.05, 0) is 17.7 Å². The number of ether oxygens (including phenoxy) is 3. The highest BCUT2D eigenvalue weighted by molar-refractivity contribution is 7.91. The molecule has 0 fully saturated rings. The van der Waals surface area contributed by atoms with Crippen LogP contribution in [0.3, 0.4) is 0 Å². The number of alkyl halides is 1. The molecule has 0 spiro atoms. The van der Waals surface area contributed by atoms with Crippen molar-refractivity contribution in [2.24, 2.45) is 0 Å². The second-order valence-corrected chi connectivity index (χ2v) is 6.79. The van der Waals surface area contributed by atoms with E-state index in [1.54, 1.807) is 19.1 Å². The fourth-order valence-corrected chi connectivity index (χ4v) is 2.35. The zero-order valence-corrected chi connectivity index (χ0v) is 13.4. The van der Waals surface area contributed by atoms with Gasteiger partial charge in [-0.3, -0.25) is 0 Å². The zero-order chi connectivity index (χ0) is 15.2. The molecule has 0 heterocycles. The third-order valence-corrected chi connectivity index (χ3v) is 4.73. The number of hydrogen-bond donors (Lipinski definition) is 0. The Balaban J connectivity index is 2.93. The lowest BCUT2D eigenvalue weighted by atomic mass is 10.2. The lowest BCUT2D eigenvalue weighted by Gasteiger charge is -2.15. The number of methoxy groups -OCH3 is 2. The van der Waals surface area contributed by atoms with Crippen molar-refractivity contribution in [3.8, 4) is 17.2 Å². The molecule has 0 N–H and O–H groups in total. The molecule has 5 nitrogen and oxygen atoms in total. The molecule has 1 aromatic rings. The van der Waals surface area contributed by atoms with Gasteiger partial charge < -0.3 is 14.2 Å². The molecule has 1 rings (SSSR count). The molecular formula is C13H19ClO5S. The van der Waals surface area contributed by atoms with Crippen LogP contribution in [0.2, 0.25) is 0 Å². The van der Waals surface area contributed by atoms with Crippen LogP contribution in [0.5, 0.6) is 17.2 Å². The molecule has 1 aromatic carbocycles. The molecule has 0 radical (unpaired) electrons. The molecule has 0 aromatic heterocycles. The molecule has 0 aliphatic heterocycles. The second kappa shape index (κ2) is 7.59. The van der Waals surface area contributed by atoms with Crippen molar-refractivity contribution in [3.05, 3.63) is 17.7 Å². The summed E-state index contributed by atoms with van der Waals surface area (Å²) in [6, 6.07) is 3.47. The Kier molecular flexibility index (Phi) is 6.42. The van der Waals surface area contributed by atoms with Gasteiger partial charge in [0.05, 0.1) is 20.0 Å². The van der Waals surface area contributed by atoms with Crippen LogP contribution in [-0.2, 0) is 15.7 Å². The standard InChI is InChI=1S/C13H19ClO5S/c1-4-20(15,16)6-5-19-13-11(17-2)7-10(9-14)8-12(13)18-3/h7-8H,4-6,9H2,1-3H3. The minimum atomic E-state index is -3.07. The fourth-order valence-electron chi connectivity index (χ4n) is 1.57. The zero-order valence-electron chi connectivity index (χ0n) is 11.8. The summed E-state index contributed by atoms with van der Waals surface area (Å²) < 4.78 is 38.8. The molecule has 7 heteroatoms. The highest BCUT2D eigenvalue weighted by Crippen LogP contribution is 2.38. The van der Waals surface area contributed by atoms with Gasteiger partial charge in [-0.25, -0.2) is 8.42 Å². The van der Waals surface area contributed by atoms with Crippen molar-refractivity contribution in [1.29, 1.82) is 0 Å². The first-order valence-corrected chi connectivity index (χ1v) is 8.47. The lowest BCUT2D eigenvalue weighted by Crippen LogP contribution is -2.16. The molecule has 0 aliphatic carbocycles. The Bertz CT molecular complexity index is 517. The Morgan fingerprint density at radius 3 is 2.10 bits per heavy atom. The molecule has 0 aliphatic rings. The van der Waals surface area contributed by atoms with Crippen molar-refractivity contribution in [1.82, 2.24) is 0 Å². The molecule has 0 atom stereocenters. The normalized spacial score (nSPS) is 11.2. The first-order valence-electron chi connectivity index (χ1n) is 6.11. The van der Waals surface area contributed by atoms with Gasteiger partial charge in [0, 0.05) is 11.6 Å². The summed E-state index contributed by atoms with van der Waals surface area (Å²) in [4.78, 5) is 0. The Morgan fingerprint density at radius 2 is 1.70 bits per heavy atom. The molecule has 0 amide bonds. The van der Waals surface area contributed by atoms with E-state index in [0.29, 0.717) is 23.1 Å². The van der Waals surface area contributed by atoms with Crippen molar-refractivity contribution >= 4 is 21.4 Å². The predicted molar refractivity (Wildman–Crippen MR) is 78.9 cm³/mol. The van der Waals surface area contributed by atoms with Crippen molar-refractivity contribution in [3.63, 3.8) is 0 Å². The summed E-state index contributed by atoms with van der Waals surface area (Å²) in [6.07, 6.45) is 0. The first kappa shape index (κ1) is 16.9. The smallest absolute Gasteiger partial charge is 0.203 e. The molecule has 0 saturated heterocycles. The Morgan fingerprint density at radius 1 is 1.15 bits per heavy atom. The number of halogens is 1. The Hall–Kier alpha value is -1.14. The maximum atomic E-state index is 11.4. The van der Waals surface area contributed by atoms with E-state index < -0.39 is 9.84 Å². The quantitative estimate of drug-likeness (QED) is 0.687. The molecule has 0 bridgehead atoms. The third kappa shape index (κ3) is 4.45. The third-order valence-electron chi connectivity index (χ3n) is 2.76. The minimum Gasteiger partial charge on any atom is -0.493 e. The van der Waals surface area contributed by atoms with Crippen molar-refractivity contribution in [2.75, 3.05) is 32.3 Å². The fraction of sp³-hybridized carbons (Fsp3) is 0.538. The largest absolute Gasteiger partial charge is 0.493 e. The van der Waals surface area contributed by atoms with E-state index >= 15 is 0 Å². The number of hydrogen-bond acceptors (Lipinski definition) is 5. The average Bonchev–Trinajstić information content (AvgIpc) is 2.46. The maximum Gasteiger partial charge on any atom is 0.203 e. The van der Waals surface area contributed by atoms with E-state index in [9.17, 15) is 8.42 Å².